The fraction of sp³-hybridized carbons (Fsp3) is 0. The van der Waals surface area contributed by atoms with Gasteiger partial charge in [0.1, 0.15) is 5.01 Å². The highest BCUT2D eigenvalue weighted by molar-refractivity contribution is 7.28. The van der Waals surface area contributed by atoms with Crippen LogP contribution in [0.4, 0.5) is 17.1 Å². The maximum Gasteiger partial charge on any atom is 0.124 e. The van der Waals surface area contributed by atoms with Crippen molar-refractivity contribution in [3.8, 4) is 44.0 Å². The van der Waals surface area contributed by atoms with E-state index in [-0.39, 0.29) is 0 Å². The lowest BCUT2D eigenvalue weighted by Crippen LogP contribution is -2.10. The van der Waals surface area contributed by atoms with Gasteiger partial charge < -0.3 is 4.90 Å². The Kier molecular flexibility index (Phi) is 8.24. The van der Waals surface area contributed by atoms with Crippen LogP contribution in [0.3, 0.4) is 0 Å². The third-order valence-electron chi connectivity index (χ3n) is 10.9. The monoisotopic (exact) mass is 762 g/mol. The van der Waals surface area contributed by atoms with Crippen molar-refractivity contribution in [1.82, 2.24) is 4.98 Å². The number of hydrogen-bond donors (Lipinski definition) is 0. The van der Waals surface area contributed by atoms with Gasteiger partial charge in [0.25, 0.3) is 0 Å². The van der Waals surface area contributed by atoms with Gasteiger partial charge in [-0.05, 0) is 105 Å². The highest BCUT2D eigenvalue weighted by Gasteiger charge is 2.18. The number of anilines is 3. The van der Waals surface area contributed by atoms with Crippen molar-refractivity contribution in [2.75, 3.05) is 4.90 Å². The first-order valence-electron chi connectivity index (χ1n) is 19.2. The summed E-state index contributed by atoms with van der Waals surface area (Å²) >= 11 is 3.65. The maximum absolute atomic E-state index is 5.02. The number of hydrogen-bond acceptors (Lipinski definition) is 4. The van der Waals surface area contributed by atoms with Gasteiger partial charge >= 0.3 is 0 Å². The molecule has 0 bridgehead atoms. The van der Waals surface area contributed by atoms with Gasteiger partial charge in [-0.2, -0.15) is 0 Å². The van der Waals surface area contributed by atoms with E-state index in [0.29, 0.717) is 0 Å². The topological polar surface area (TPSA) is 16.1 Å². The molecule has 0 atom stereocenters. The van der Waals surface area contributed by atoms with Crippen molar-refractivity contribution >= 4 is 80.9 Å². The van der Waals surface area contributed by atoms with E-state index >= 15 is 0 Å². The molecule has 0 saturated heterocycles. The molecule has 0 saturated carbocycles. The molecule has 2 nitrogen and oxygen atoms in total. The Morgan fingerprint density at radius 2 is 1.02 bits per heavy atom. The second-order valence-corrected chi connectivity index (χ2v) is 16.4. The largest absolute Gasteiger partial charge is 0.310 e. The second kappa shape index (κ2) is 14.0. The van der Waals surface area contributed by atoms with Crippen molar-refractivity contribution in [3.63, 3.8) is 0 Å². The predicted molar refractivity (Wildman–Crippen MR) is 246 cm³/mol. The minimum absolute atomic E-state index is 1.06. The number of aromatic nitrogens is 1. The zero-order chi connectivity index (χ0) is 37.7. The summed E-state index contributed by atoms with van der Waals surface area (Å²) in [5.41, 5.74) is 12.8. The van der Waals surface area contributed by atoms with E-state index in [2.05, 4.69) is 211 Å². The van der Waals surface area contributed by atoms with Gasteiger partial charge in [-0.1, -0.05) is 146 Å². The summed E-state index contributed by atoms with van der Waals surface area (Å²) in [6.45, 7) is 0. The molecule has 0 unspecified atom stereocenters. The Labute approximate surface area is 339 Å². The van der Waals surface area contributed by atoms with Gasteiger partial charge in [-0.15, -0.1) is 22.7 Å². The summed E-state index contributed by atoms with van der Waals surface area (Å²) in [6.07, 6.45) is 0. The first kappa shape index (κ1) is 33.5. The maximum atomic E-state index is 5.02. The van der Waals surface area contributed by atoms with Crippen molar-refractivity contribution in [2.24, 2.45) is 0 Å². The number of benzene rings is 9. The molecule has 2 heterocycles. The standard InChI is InChI=1S/C53H34N2S2/c1-4-13-37(14-5-1)47-34-44(27-29-45(47)41-21-20-35-12-10-11-17-39(35)32-41)55(42-18-8-3-9-19-42)43-25-22-36(23-26-43)40-24-28-46-50(33-40)56-49-31-30-48-52(51(46)49)57-53(54-48)38-15-6-2-7-16-38/h1-34H. The number of nitrogens with zero attached hydrogens (tertiary/aromatic N) is 2. The molecule has 0 radical (unpaired) electrons. The van der Waals surface area contributed by atoms with E-state index in [0.717, 1.165) is 33.1 Å². The molecule has 57 heavy (non-hydrogen) atoms. The summed E-state index contributed by atoms with van der Waals surface area (Å²) < 4.78 is 3.85. The van der Waals surface area contributed by atoms with Crippen LogP contribution in [-0.4, -0.2) is 4.98 Å². The quantitative estimate of drug-likeness (QED) is 0.161. The van der Waals surface area contributed by atoms with Crippen LogP contribution >= 0.6 is 22.7 Å². The fourth-order valence-electron chi connectivity index (χ4n) is 8.09. The van der Waals surface area contributed by atoms with E-state index in [9.17, 15) is 0 Å². The van der Waals surface area contributed by atoms with Gasteiger partial charge in [0, 0.05) is 42.8 Å². The van der Waals surface area contributed by atoms with Gasteiger partial charge in [0.15, 0.2) is 0 Å². The molecule has 11 aromatic rings. The summed E-state index contributed by atoms with van der Waals surface area (Å²) in [7, 11) is 0. The number of para-hydroxylation sites is 1. The molecule has 0 aliphatic rings. The van der Waals surface area contributed by atoms with E-state index in [1.807, 2.05) is 11.3 Å². The van der Waals surface area contributed by atoms with Crippen LogP contribution in [0.2, 0.25) is 0 Å². The third-order valence-corrected chi connectivity index (χ3v) is 13.1. The van der Waals surface area contributed by atoms with Crippen LogP contribution in [-0.2, 0) is 0 Å². The first-order chi connectivity index (χ1) is 28.2. The van der Waals surface area contributed by atoms with Crippen LogP contribution in [0.25, 0.3) is 85.1 Å². The molecule has 9 aromatic carbocycles. The fourth-order valence-corrected chi connectivity index (χ4v) is 10.4. The van der Waals surface area contributed by atoms with E-state index in [1.165, 1.54) is 69.0 Å². The second-order valence-electron chi connectivity index (χ2n) is 14.4. The summed E-state index contributed by atoms with van der Waals surface area (Å²) in [4.78, 5) is 7.38. The van der Waals surface area contributed by atoms with Gasteiger partial charge in [0.05, 0.1) is 10.2 Å². The van der Waals surface area contributed by atoms with Crippen LogP contribution < -0.4 is 4.90 Å². The van der Waals surface area contributed by atoms with Crippen molar-refractivity contribution in [3.05, 3.63) is 206 Å². The Hall–Kier alpha value is -6.85. The highest BCUT2D eigenvalue weighted by atomic mass is 32.1. The lowest BCUT2D eigenvalue weighted by Gasteiger charge is -2.27. The molecule has 268 valence electrons. The minimum atomic E-state index is 1.06. The molecule has 0 aliphatic carbocycles. The smallest absolute Gasteiger partial charge is 0.124 e. The Morgan fingerprint density at radius 3 is 1.81 bits per heavy atom. The van der Waals surface area contributed by atoms with Crippen LogP contribution in [0, 0.1) is 0 Å². The normalized spacial score (nSPS) is 11.5. The number of fused-ring (bicyclic) bond motifs is 6. The minimum Gasteiger partial charge on any atom is -0.310 e. The van der Waals surface area contributed by atoms with Crippen LogP contribution in [0.1, 0.15) is 0 Å². The van der Waals surface area contributed by atoms with Crippen LogP contribution in [0.5, 0.6) is 0 Å². The number of thiophene rings is 1. The average molecular weight is 763 g/mol. The first-order valence-corrected chi connectivity index (χ1v) is 20.8. The van der Waals surface area contributed by atoms with Crippen molar-refractivity contribution < 1.29 is 0 Å². The van der Waals surface area contributed by atoms with E-state index in [4.69, 9.17) is 4.98 Å². The molecule has 11 rings (SSSR count). The third kappa shape index (κ3) is 6.07. The molecular weight excluding hydrogens is 729 g/mol. The lowest BCUT2D eigenvalue weighted by atomic mass is 9.92. The average Bonchev–Trinajstić information content (AvgIpc) is 3.89. The molecule has 4 heteroatoms. The van der Waals surface area contributed by atoms with E-state index in [1.54, 1.807) is 11.3 Å². The molecule has 0 spiro atoms. The molecule has 0 aliphatic heterocycles. The number of rotatable bonds is 7. The predicted octanol–water partition coefficient (Wildman–Crippen LogP) is 16.0. The number of thiazole rings is 1. The molecular formula is C53H34N2S2. The van der Waals surface area contributed by atoms with E-state index < -0.39 is 0 Å². The van der Waals surface area contributed by atoms with Crippen molar-refractivity contribution in [2.45, 2.75) is 0 Å². The summed E-state index contributed by atoms with van der Waals surface area (Å²) in [6, 6.07) is 74.5. The SMILES string of the molecule is c1ccc(-c2nc3ccc4sc5cc(-c6ccc(N(c7ccccc7)c7ccc(-c8ccc9ccccc9c8)c(-c8ccccc8)c7)cc6)ccc5c4c3s2)cc1. The molecule has 0 N–H and O–H groups in total. The molecule has 0 amide bonds. The lowest BCUT2D eigenvalue weighted by molar-refractivity contribution is 1.28. The zero-order valence-electron chi connectivity index (χ0n) is 30.8. The highest BCUT2D eigenvalue weighted by Crippen LogP contribution is 2.45. The van der Waals surface area contributed by atoms with Gasteiger partial charge in [-0.25, -0.2) is 4.98 Å². The molecule has 0 fully saturated rings. The van der Waals surface area contributed by atoms with Crippen LogP contribution in [0.15, 0.2) is 206 Å². The summed E-state index contributed by atoms with van der Waals surface area (Å²) in [5, 5.41) is 6.16. The Balaban J connectivity index is 0.979. The van der Waals surface area contributed by atoms with Gasteiger partial charge in [0.2, 0.25) is 0 Å². The molecule has 2 aromatic heterocycles. The zero-order valence-corrected chi connectivity index (χ0v) is 32.5. The Bertz CT molecular complexity index is 3220. The van der Waals surface area contributed by atoms with Gasteiger partial charge in [-0.3, -0.25) is 0 Å². The summed E-state index contributed by atoms with van der Waals surface area (Å²) in [5.74, 6) is 0. The van der Waals surface area contributed by atoms with Crippen molar-refractivity contribution in [1.29, 1.82) is 0 Å². The Morgan fingerprint density at radius 1 is 0.368 bits per heavy atom.